The van der Waals surface area contributed by atoms with Crippen molar-refractivity contribution in [2.75, 3.05) is 0 Å². The minimum atomic E-state index is -0.362. The van der Waals surface area contributed by atoms with Crippen LogP contribution >= 0.6 is 0 Å². The van der Waals surface area contributed by atoms with Crippen LogP contribution in [0, 0.1) is 5.41 Å². The number of hydrogen-bond donors (Lipinski definition) is 2. The molecule has 0 radical (unpaired) electrons. The minimum Gasteiger partial charge on any atom is -0.370 e. The number of rotatable bonds is 2. The average Bonchev–Trinajstić information content (AvgIpc) is 2.05. The van der Waals surface area contributed by atoms with Crippen molar-refractivity contribution in [2.45, 2.75) is 45.1 Å². The highest BCUT2D eigenvalue weighted by atomic mass is 16.1. The van der Waals surface area contributed by atoms with Gasteiger partial charge in [0.2, 0.25) is 5.91 Å². The molecular formula is C9H18N2O. The summed E-state index contributed by atoms with van der Waals surface area (Å²) < 4.78 is 0. The van der Waals surface area contributed by atoms with Crippen molar-refractivity contribution in [3.05, 3.63) is 0 Å². The first-order valence-electron chi connectivity index (χ1n) is 4.45. The van der Waals surface area contributed by atoms with Crippen molar-refractivity contribution in [2.24, 2.45) is 16.9 Å². The fourth-order valence-corrected chi connectivity index (χ4v) is 2.07. The average molecular weight is 170 g/mol. The second-order valence-corrected chi connectivity index (χ2v) is 4.54. The summed E-state index contributed by atoms with van der Waals surface area (Å²) in [5, 5.41) is 0. The van der Waals surface area contributed by atoms with Gasteiger partial charge in [-0.15, -0.1) is 0 Å². The van der Waals surface area contributed by atoms with Gasteiger partial charge in [-0.1, -0.05) is 20.3 Å². The van der Waals surface area contributed by atoms with E-state index >= 15 is 0 Å². The lowest BCUT2D eigenvalue weighted by Gasteiger charge is -2.37. The van der Waals surface area contributed by atoms with Gasteiger partial charge in [0.1, 0.15) is 0 Å². The molecule has 1 rings (SSSR count). The summed E-state index contributed by atoms with van der Waals surface area (Å²) in [6.07, 6.45) is 3.44. The predicted molar refractivity (Wildman–Crippen MR) is 48.4 cm³/mol. The highest BCUT2D eigenvalue weighted by Gasteiger charge is 2.46. The molecule has 0 bridgehead atoms. The van der Waals surface area contributed by atoms with Gasteiger partial charge in [0, 0.05) is 12.0 Å². The Bertz CT molecular complexity index is 201. The molecule has 0 aromatic rings. The first kappa shape index (κ1) is 9.52. The molecule has 1 fully saturated rings. The number of primary amides is 1. The Kier molecular flexibility index (Phi) is 2.17. The molecule has 0 saturated heterocycles. The van der Waals surface area contributed by atoms with E-state index in [0.29, 0.717) is 6.42 Å². The van der Waals surface area contributed by atoms with Crippen molar-refractivity contribution in [1.82, 2.24) is 0 Å². The van der Waals surface area contributed by atoms with Crippen LogP contribution in [0.1, 0.15) is 39.5 Å². The molecular weight excluding hydrogens is 152 g/mol. The summed E-state index contributed by atoms with van der Waals surface area (Å²) >= 11 is 0. The maximum Gasteiger partial charge on any atom is 0.219 e. The summed E-state index contributed by atoms with van der Waals surface area (Å²) in [6.45, 7) is 4.23. The van der Waals surface area contributed by atoms with Crippen LogP contribution in [0.25, 0.3) is 0 Å². The van der Waals surface area contributed by atoms with E-state index in [2.05, 4.69) is 13.8 Å². The van der Waals surface area contributed by atoms with E-state index in [1.807, 2.05) is 0 Å². The zero-order valence-corrected chi connectivity index (χ0v) is 7.89. The molecule has 1 aliphatic carbocycles. The predicted octanol–water partition coefficient (Wildman–Crippen LogP) is 0.769. The topological polar surface area (TPSA) is 69.1 Å². The minimum absolute atomic E-state index is 0.0576. The van der Waals surface area contributed by atoms with E-state index in [4.69, 9.17) is 11.5 Å². The maximum atomic E-state index is 10.8. The van der Waals surface area contributed by atoms with Gasteiger partial charge in [0.05, 0.1) is 0 Å². The van der Waals surface area contributed by atoms with E-state index in [1.165, 1.54) is 0 Å². The van der Waals surface area contributed by atoms with Gasteiger partial charge in [-0.3, -0.25) is 4.79 Å². The van der Waals surface area contributed by atoms with Gasteiger partial charge in [0.25, 0.3) is 0 Å². The number of carbonyl (C=O) groups excluding carboxylic acids is 1. The number of hydrogen-bond acceptors (Lipinski definition) is 2. The van der Waals surface area contributed by atoms with E-state index in [0.717, 1.165) is 19.3 Å². The monoisotopic (exact) mass is 170 g/mol. The molecule has 0 spiro atoms. The molecule has 1 atom stereocenters. The lowest BCUT2D eigenvalue weighted by molar-refractivity contribution is -0.120. The number of nitrogens with two attached hydrogens (primary N) is 2. The Morgan fingerprint density at radius 1 is 1.42 bits per heavy atom. The molecule has 70 valence electrons. The van der Waals surface area contributed by atoms with Gasteiger partial charge < -0.3 is 11.5 Å². The van der Waals surface area contributed by atoms with Crippen LogP contribution < -0.4 is 11.5 Å². The molecule has 0 aliphatic heterocycles. The van der Waals surface area contributed by atoms with Crippen LogP contribution in [-0.2, 0) is 4.79 Å². The van der Waals surface area contributed by atoms with Gasteiger partial charge in [-0.05, 0) is 18.3 Å². The Balaban J connectivity index is 2.75. The molecule has 0 aromatic carbocycles. The van der Waals surface area contributed by atoms with E-state index in [9.17, 15) is 4.79 Å². The van der Waals surface area contributed by atoms with Gasteiger partial charge in [0.15, 0.2) is 0 Å². The molecule has 1 unspecified atom stereocenters. The first-order valence-corrected chi connectivity index (χ1v) is 4.45. The number of amides is 1. The quantitative estimate of drug-likeness (QED) is 0.642. The van der Waals surface area contributed by atoms with Crippen molar-refractivity contribution >= 4 is 5.91 Å². The van der Waals surface area contributed by atoms with Crippen molar-refractivity contribution in [3.8, 4) is 0 Å². The Hall–Kier alpha value is -0.570. The molecule has 0 aromatic heterocycles. The molecule has 4 N–H and O–H groups in total. The van der Waals surface area contributed by atoms with Crippen LogP contribution in [0.5, 0.6) is 0 Å². The molecule has 3 heteroatoms. The molecule has 1 amide bonds. The van der Waals surface area contributed by atoms with Crippen molar-refractivity contribution in [3.63, 3.8) is 0 Å². The second kappa shape index (κ2) is 2.73. The smallest absolute Gasteiger partial charge is 0.219 e. The Morgan fingerprint density at radius 2 is 2.00 bits per heavy atom. The van der Waals surface area contributed by atoms with Gasteiger partial charge in [-0.2, -0.15) is 0 Å². The highest BCUT2D eigenvalue weighted by Crippen LogP contribution is 2.45. The van der Waals surface area contributed by atoms with E-state index < -0.39 is 0 Å². The van der Waals surface area contributed by atoms with Crippen LogP contribution in [0.15, 0.2) is 0 Å². The highest BCUT2D eigenvalue weighted by molar-refractivity contribution is 5.75. The normalized spacial score (nSPS) is 33.6. The lowest BCUT2D eigenvalue weighted by Crippen LogP contribution is -2.51. The van der Waals surface area contributed by atoms with Crippen LogP contribution in [-0.4, -0.2) is 11.4 Å². The fraction of sp³-hybridized carbons (Fsp3) is 0.889. The van der Waals surface area contributed by atoms with Gasteiger partial charge >= 0.3 is 0 Å². The second-order valence-electron chi connectivity index (χ2n) is 4.54. The molecule has 3 nitrogen and oxygen atoms in total. The summed E-state index contributed by atoms with van der Waals surface area (Å²) in [5.74, 6) is -0.285. The fourth-order valence-electron chi connectivity index (χ4n) is 2.07. The van der Waals surface area contributed by atoms with Crippen LogP contribution in [0.2, 0.25) is 0 Å². The maximum absolute atomic E-state index is 10.8. The standard InChI is InChI=1S/C9H18N2O/c1-8(2)4-3-5-9(8,11)6-7(10)12/h3-6,11H2,1-2H3,(H2,10,12). The first-order chi connectivity index (χ1) is 5.37. The van der Waals surface area contributed by atoms with Crippen LogP contribution in [0.3, 0.4) is 0 Å². The van der Waals surface area contributed by atoms with E-state index in [1.54, 1.807) is 0 Å². The summed E-state index contributed by atoms with van der Waals surface area (Å²) in [6, 6.07) is 0. The van der Waals surface area contributed by atoms with Crippen LogP contribution in [0.4, 0.5) is 0 Å². The number of carbonyl (C=O) groups is 1. The molecule has 0 heterocycles. The lowest BCUT2D eigenvalue weighted by atomic mass is 9.73. The summed E-state index contributed by atoms with van der Waals surface area (Å²) in [5.41, 5.74) is 11.0. The van der Waals surface area contributed by atoms with E-state index in [-0.39, 0.29) is 16.9 Å². The largest absolute Gasteiger partial charge is 0.370 e. The van der Waals surface area contributed by atoms with Gasteiger partial charge in [-0.25, -0.2) is 0 Å². The van der Waals surface area contributed by atoms with Crippen molar-refractivity contribution in [1.29, 1.82) is 0 Å². The Morgan fingerprint density at radius 3 is 2.33 bits per heavy atom. The summed E-state index contributed by atoms with van der Waals surface area (Å²) in [4.78, 5) is 10.8. The zero-order chi connectivity index (χ0) is 9.41. The SMILES string of the molecule is CC1(C)CCCC1(N)CC(N)=O. The Labute approximate surface area is 73.5 Å². The van der Waals surface area contributed by atoms with Crippen molar-refractivity contribution < 1.29 is 4.79 Å². The third-order valence-electron chi connectivity index (χ3n) is 3.26. The zero-order valence-electron chi connectivity index (χ0n) is 7.89. The third-order valence-corrected chi connectivity index (χ3v) is 3.26. The molecule has 1 saturated carbocycles. The summed E-state index contributed by atoms with van der Waals surface area (Å²) in [7, 11) is 0. The molecule has 1 aliphatic rings. The third kappa shape index (κ3) is 1.46. The molecule has 12 heavy (non-hydrogen) atoms.